The minimum atomic E-state index is 0.0251. The van der Waals surface area contributed by atoms with E-state index in [4.69, 9.17) is 4.74 Å². The highest BCUT2D eigenvalue weighted by atomic mass is 16.5. The molecule has 1 aliphatic rings. The Balaban J connectivity index is 2.16. The lowest BCUT2D eigenvalue weighted by atomic mass is 9.96. The summed E-state index contributed by atoms with van der Waals surface area (Å²) < 4.78 is 5.35. The number of carbonyl (C=O) groups is 1. The number of aryl methyl sites for hydroxylation is 2. The van der Waals surface area contributed by atoms with Crippen LogP contribution in [-0.4, -0.2) is 23.1 Å². The molecule has 0 aliphatic heterocycles. The molecule has 24 heavy (non-hydrogen) atoms. The van der Waals surface area contributed by atoms with Gasteiger partial charge in [-0.05, 0) is 61.1 Å². The number of aromatic hydroxyl groups is 2. The van der Waals surface area contributed by atoms with Gasteiger partial charge in [-0.15, -0.1) is 0 Å². The molecule has 4 heteroatoms. The van der Waals surface area contributed by atoms with Crippen LogP contribution in [0.2, 0.25) is 0 Å². The predicted molar refractivity (Wildman–Crippen MR) is 92.6 cm³/mol. The first-order valence-electron chi connectivity index (χ1n) is 8.32. The third-order valence-electron chi connectivity index (χ3n) is 4.55. The van der Waals surface area contributed by atoms with E-state index in [1.165, 1.54) is 7.11 Å². The van der Waals surface area contributed by atoms with Crippen molar-refractivity contribution >= 4 is 5.78 Å². The standard InChI is InChI=1S/C20H22O4/c1-24-20-17-11-14(12-19(20)23)6-8-15(21)5-3-2-4-13-7-9-18(22)16(17)10-13/h7,9-12,22-23H,2-6,8H2,1H3. The van der Waals surface area contributed by atoms with Crippen molar-refractivity contribution in [1.29, 1.82) is 0 Å². The van der Waals surface area contributed by atoms with E-state index in [0.717, 1.165) is 30.4 Å². The van der Waals surface area contributed by atoms with Crippen molar-refractivity contribution in [2.75, 3.05) is 7.11 Å². The van der Waals surface area contributed by atoms with Gasteiger partial charge in [-0.3, -0.25) is 4.79 Å². The van der Waals surface area contributed by atoms with E-state index in [9.17, 15) is 15.0 Å². The quantitative estimate of drug-likeness (QED) is 0.831. The second kappa shape index (κ2) is 6.95. The van der Waals surface area contributed by atoms with Gasteiger partial charge in [0.05, 0.1) is 7.11 Å². The Morgan fingerprint density at radius 3 is 2.38 bits per heavy atom. The number of phenolic OH excluding ortho intramolecular Hbond substituents is 2. The van der Waals surface area contributed by atoms with Crippen molar-refractivity contribution in [1.82, 2.24) is 0 Å². The number of phenols is 2. The highest BCUT2D eigenvalue weighted by molar-refractivity contribution is 5.81. The molecule has 0 heterocycles. The van der Waals surface area contributed by atoms with E-state index in [0.29, 0.717) is 36.1 Å². The van der Waals surface area contributed by atoms with Crippen LogP contribution >= 0.6 is 0 Å². The first kappa shape index (κ1) is 16.4. The van der Waals surface area contributed by atoms with Gasteiger partial charge in [0, 0.05) is 24.0 Å². The molecule has 0 amide bonds. The summed E-state index contributed by atoms with van der Waals surface area (Å²) in [6, 6.07) is 9.05. The lowest BCUT2D eigenvalue weighted by Crippen LogP contribution is -2.01. The zero-order chi connectivity index (χ0) is 17.1. The Morgan fingerprint density at radius 2 is 1.58 bits per heavy atom. The van der Waals surface area contributed by atoms with Gasteiger partial charge in [0.2, 0.25) is 0 Å². The van der Waals surface area contributed by atoms with Crippen LogP contribution in [-0.2, 0) is 17.6 Å². The lowest BCUT2D eigenvalue weighted by Gasteiger charge is -2.15. The number of fused-ring (bicyclic) bond motifs is 5. The normalized spacial score (nSPS) is 15.1. The first-order valence-corrected chi connectivity index (χ1v) is 8.32. The van der Waals surface area contributed by atoms with Gasteiger partial charge in [-0.1, -0.05) is 6.07 Å². The number of benzene rings is 2. The summed E-state index contributed by atoms with van der Waals surface area (Å²) in [6.07, 6.45) is 4.31. The van der Waals surface area contributed by atoms with Crippen LogP contribution < -0.4 is 4.74 Å². The smallest absolute Gasteiger partial charge is 0.168 e. The van der Waals surface area contributed by atoms with Crippen molar-refractivity contribution in [2.24, 2.45) is 0 Å². The van der Waals surface area contributed by atoms with Crippen LogP contribution in [0.4, 0.5) is 0 Å². The molecule has 126 valence electrons. The second-order valence-electron chi connectivity index (χ2n) is 6.29. The summed E-state index contributed by atoms with van der Waals surface area (Å²) in [4.78, 5) is 12.0. The number of methoxy groups -OCH3 is 1. The zero-order valence-electron chi connectivity index (χ0n) is 13.8. The Morgan fingerprint density at radius 1 is 0.833 bits per heavy atom. The van der Waals surface area contributed by atoms with Gasteiger partial charge in [0.15, 0.2) is 11.5 Å². The summed E-state index contributed by atoms with van der Waals surface area (Å²) in [5, 5.41) is 20.6. The van der Waals surface area contributed by atoms with Crippen molar-refractivity contribution in [3.63, 3.8) is 0 Å². The number of ketones is 1. The van der Waals surface area contributed by atoms with Crippen LogP contribution in [0, 0.1) is 0 Å². The van der Waals surface area contributed by atoms with Crippen LogP contribution in [0.3, 0.4) is 0 Å². The average Bonchev–Trinajstić information content (AvgIpc) is 2.57. The van der Waals surface area contributed by atoms with Gasteiger partial charge in [0.25, 0.3) is 0 Å². The van der Waals surface area contributed by atoms with Gasteiger partial charge < -0.3 is 14.9 Å². The average molecular weight is 326 g/mol. The molecular formula is C20H22O4. The van der Waals surface area contributed by atoms with Crippen LogP contribution in [0.5, 0.6) is 17.2 Å². The molecule has 1 aliphatic carbocycles. The molecule has 4 bridgehead atoms. The predicted octanol–water partition coefficient (Wildman–Crippen LogP) is 4.00. The molecule has 0 unspecified atom stereocenters. The molecule has 0 saturated carbocycles. The van der Waals surface area contributed by atoms with Crippen LogP contribution in [0.15, 0.2) is 30.3 Å². The maximum Gasteiger partial charge on any atom is 0.168 e. The fourth-order valence-electron chi connectivity index (χ4n) is 3.25. The molecule has 2 aromatic carbocycles. The van der Waals surface area contributed by atoms with E-state index in [1.807, 2.05) is 18.2 Å². The molecular weight excluding hydrogens is 304 g/mol. The Labute approximate surface area is 141 Å². The van der Waals surface area contributed by atoms with Gasteiger partial charge >= 0.3 is 0 Å². The van der Waals surface area contributed by atoms with E-state index < -0.39 is 0 Å². The summed E-state index contributed by atoms with van der Waals surface area (Å²) in [5.41, 5.74) is 3.26. The van der Waals surface area contributed by atoms with Gasteiger partial charge in [0.1, 0.15) is 11.5 Å². The number of hydrogen-bond acceptors (Lipinski definition) is 4. The number of rotatable bonds is 1. The highest BCUT2D eigenvalue weighted by Gasteiger charge is 2.17. The van der Waals surface area contributed by atoms with Gasteiger partial charge in [-0.25, -0.2) is 0 Å². The molecule has 4 nitrogen and oxygen atoms in total. The van der Waals surface area contributed by atoms with E-state index >= 15 is 0 Å². The number of hydrogen-bond donors (Lipinski definition) is 2. The highest BCUT2D eigenvalue weighted by Crippen LogP contribution is 2.42. The molecule has 0 spiro atoms. The topological polar surface area (TPSA) is 66.8 Å². The summed E-state index contributed by atoms with van der Waals surface area (Å²) in [6.45, 7) is 0. The number of ether oxygens (including phenoxy) is 1. The van der Waals surface area contributed by atoms with E-state index in [-0.39, 0.29) is 17.3 Å². The van der Waals surface area contributed by atoms with Crippen molar-refractivity contribution in [2.45, 2.75) is 38.5 Å². The lowest BCUT2D eigenvalue weighted by molar-refractivity contribution is -0.119. The number of carbonyl (C=O) groups excluding carboxylic acids is 1. The Bertz CT molecular complexity index is 764. The molecule has 0 radical (unpaired) electrons. The minimum absolute atomic E-state index is 0.0251. The fourth-order valence-corrected chi connectivity index (χ4v) is 3.25. The summed E-state index contributed by atoms with van der Waals surface area (Å²) >= 11 is 0. The molecule has 3 rings (SSSR count). The van der Waals surface area contributed by atoms with Crippen LogP contribution in [0.25, 0.3) is 11.1 Å². The number of Topliss-reactive ketones (excluding diaryl/α,β-unsaturated/α-hetero) is 1. The summed E-state index contributed by atoms with van der Waals surface area (Å²) in [7, 11) is 1.50. The molecule has 0 aromatic heterocycles. The van der Waals surface area contributed by atoms with Crippen molar-refractivity contribution in [3.05, 3.63) is 41.5 Å². The van der Waals surface area contributed by atoms with E-state index in [2.05, 4.69) is 0 Å². The first-order chi connectivity index (χ1) is 11.6. The molecule has 0 saturated heterocycles. The maximum atomic E-state index is 12.0. The third kappa shape index (κ3) is 3.37. The monoisotopic (exact) mass is 326 g/mol. The second-order valence-corrected chi connectivity index (χ2v) is 6.29. The minimum Gasteiger partial charge on any atom is -0.507 e. The van der Waals surface area contributed by atoms with Crippen molar-refractivity contribution < 1.29 is 19.7 Å². The Hall–Kier alpha value is -2.49. The zero-order valence-corrected chi connectivity index (χ0v) is 13.8. The van der Waals surface area contributed by atoms with Crippen molar-refractivity contribution in [3.8, 4) is 28.4 Å². The maximum absolute atomic E-state index is 12.0. The molecule has 0 fully saturated rings. The van der Waals surface area contributed by atoms with Crippen LogP contribution in [0.1, 0.15) is 36.8 Å². The summed E-state index contributed by atoms with van der Waals surface area (Å²) in [5.74, 6) is 0.768. The van der Waals surface area contributed by atoms with Gasteiger partial charge in [-0.2, -0.15) is 0 Å². The largest absolute Gasteiger partial charge is 0.507 e. The fraction of sp³-hybridized carbons (Fsp3) is 0.350. The van der Waals surface area contributed by atoms with E-state index in [1.54, 1.807) is 12.1 Å². The molecule has 0 atom stereocenters. The molecule has 2 aromatic rings. The third-order valence-corrected chi connectivity index (χ3v) is 4.55. The SMILES string of the molecule is COc1c(O)cc2cc1-c1cc(ccc1O)CCCCC(=O)CC2. The molecule has 2 N–H and O–H groups in total. The Kier molecular flexibility index (Phi) is 4.74.